The van der Waals surface area contributed by atoms with Gasteiger partial charge in [0.1, 0.15) is 28.4 Å². The largest absolute Gasteiger partial charge is 0.506 e. The number of ketones is 2. The Kier molecular flexibility index (Phi) is 6.94. The van der Waals surface area contributed by atoms with E-state index in [4.69, 9.17) is 14.2 Å². The first kappa shape index (κ1) is 31.1. The molecule has 1 aromatic carbocycles. The highest BCUT2D eigenvalue weighted by atomic mass is 16.6. The number of benzene rings is 1. The summed E-state index contributed by atoms with van der Waals surface area (Å²) in [5.41, 5.74) is -1.09. The molecule has 6 aliphatic rings. The monoisotopic (exact) mass is 614 g/mol. The molecule has 1 saturated heterocycles. The van der Waals surface area contributed by atoms with Crippen molar-refractivity contribution in [2.24, 2.45) is 11.8 Å². The van der Waals surface area contributed by atoms with Gasteiger partial charge >= 0.3 is 5.97 Å². The van der Waals surface area contributed by atoms with Crippen LogP contribution in [0.3, 0.4) is 0 Å². The van der Waals surface area contributed by atoms with Gasteiger partial charge in [-0.3, -0.25) is 9.59 Å². The van der Waals surface area contributed by atoms with Crippen molar-refractivity contribution in [1.29, 1.82) is 0 Å². The maximum absolute atomic E-state index is 14.7. The Morgan fingerprint density at radius 1 is 0.978 bits per heavy atom. The zero-order chi connectivity index (χ0) is 32.9. The number of phenols is 1. The van der Waals surface area contributed by atoms with Gasteiger partial charge in [0, 0.05) is 41.4 Å². The lowest BCUT2D eigenvalue weighted by Gasteiger charge is -2.56. The molecule has 2 N–H and O–H groups in total. The Morgan fingerprint density at radius 2 is 1.67 bits per heavy atom. The lowest BCUT2D eigenvalue weighted by Crippen LogP contribution is -2.72. The van der Waals surface area contributed by atoms with Crippen LogP contribution in [-0.4, -0.2) is 50.2 Å². The molecule has 1 saturated carbocycles. The van der Waals surface area contributed by atoms with Crippen molar-refractivity contribution in [2.75, 3.05) is 0 Å². The van der Waals surface area contributed by atoms with Gasteiger partial charge in [-0.1, -0.05) is 35.5 Å². The standard InChI is InChI=1S/C37H42O8/c1-19(2)9-10-24-30-23(13-15-35(8,43-30)14-11-20(3)4)28(38)27-29(39)25-17-22-18-26-34(6,7)45-36(32(22)40,16-12-21(5)33(41)42)37(25,26)44-31(24)27/h9,11-13,15,17,22,26,38H,10,14,16,18H2,1-8H3,(H,41,42)/t22-,26+,35-,36+,37-/m1/s1. The molecule has 4 bridgehead atoms. The van der Waals surface area contributed by atoms with Crippen LogP contribution in [0.4, 0.5) is 0 Å². The first-order chi connectivity index (χ1) is 21.0. The van der Waals surface area contributed by atoms with Crippen LogP contribution in [0.5, 0.6) is 17.2 Å². The van der Waals surface area contributed by atoms with Gasteiger partial charge in [-0.2, -0.15) is 0 Å². The molecule has 0 radical (unpaired) electrons. The van der Waals surface area contributed by atoms with Crippen molar-refractivity contribution in [3.8, 4) is 17.2 Å². The number of rotatable bonds is 7. The number of allylic oxidation sites excluding steroid dienone is 4. The van der Waals surface area contributed by atoms with Gasteiger partial charge < -0.3 is 24.4 Å². The van der Waals surface area contributed by atoms with E-state index in [0.717, 1.165) is 11.1 Å². The second-order valence-electron chi connectivity index (χ2n) is 14.4. The van der Waals surface area contributed by atoms with Crippen molar-refractivity contribution in [3.05, 3.63) is 69.4 Å². The highest BCUT2D eigenvalue weighted by Gasteiger charge is 2.81. The predicted molar refractivity (Wildman–Crippen MR) is 170 cm³/mol. The van der Waals surface area contributed by atoms with E-state index in [-0.39, 0.29) is 40.8 Å². The lowest BCUT2D eigenvalue weighted by molar-refractivity contribution is -0.171. The SMILES string of the molecule is CC(C)=CCc1c2c(c(O)c3c1O[C@]14C(=C[C@@H]5C[C@H]1C(C)(C)O[C@@]4(CC=C(C)C(=O)O)C5=O)C3=O)C=C[C@@](C)(CC=C(C)C)O2. The molecule has 3 heterocycles. The number of phenolic OH excluding ortho intramolecular Hbond substituents is 1. The van der Waals surface area contributed by atoms with Crippen molar-refractivity contribution in [1.82, 2.24) is 0 Å². The molecule has 0 amide bonds. The van der Waals surface area contributed by atoms with Crippen molar-refractivity contribution in [3.63, 3.8) is 0 Å². The van der Waals surface area contributed by atoms with Gasteiger partial charge in [-0.05, 0) is 80.4 Å². The number of hydrogen-bond donors (Lipinski definition) is 2. The fourth-order valence-electron chi connectivity index (χ4n) is 7.91. The first-order valence-corrected chi connectivity index (χ1v) is 15.7. The van der Waals surface area contributed by atoms with Crippen LogP contribution in [0, 0.1) is 11.8 Å². The number of carbonyl (C=O) groups is 3. The maximum atomic E-state index is 14.7. The van der Waals surface area contributed by atoms with Crippen LogP contribution in [-0.2, 0) is 20.7 Å². The number of hydrogen-bond acceptors (Lipinski definition) is 7. The van der Waals surface area contributed by atoms with E-state index in [1.54, 1.807) is 6.08 Å². The van der Waals surface area contributed by atoms with Crippen LogP contribution >= 0.6 is 0 Å². The first-order valence-electron chi connectivity index (χ1n) is 15.7. The van der Waals surface area contributed by atoms with Crippen molar-refractivity contribution < 1.29 is 38.8 Å². The molecule has 0 unspecified atom stereocenters. The summed E-state index contributed by atoms with van der Waals surface area (Å²) in [5, 5.41) is 21.4. The molecule has 238 valence electrons. The van der Waals surface area contributed by atoms with E-state index >= 15 is 0 Å². The van der Waals surface area contributed by atoms with E-state index in [1.807, 2.05) is 66.7 Å². The van der Waals surface area contributed by atoms with E-state index in [2.05, 4.69) is 6.08 Å². The number of ether oxygens (including phenoxy) is 3. The molecule has 5 atom stereocenters. The third kappa shape index (κ3) is 4.32. The minimum absolute atomic E-state index is 0.0496. The summed E-state index contributed by atoms with van der Waals surface area (Å²) in [5.74, 6) is -2.31. The summed E-state index contributed by atoms with van der Waals surface area (Å²) in [4.78, 5) is 40.7. The van der Waals surface area contributed by atoms with E-state index < -0.39 is 40.1 Å². The number of carboxylic acids is 1. The summed E-state index contributed by atoms with van der Waals surface area (Å²) >= 11 is 0. The highest BCUT2D eigenvalue weighted by molar-refractivity contribution is 6.19. The molecule has 3 aliphatic carbocycles. The third-order valence-corrected chi connectivity index (χ3v) is 10.2. The number of aliphatic carboxylic acids is 1. The Hall–Kier alpha value is -3.91. The molecule has 1 aromatic rings. The fourth-order valence-corrected chi connectivity index (χ4v) is 7.91. The van der Waals surface area contributed by atoms with Crippen molar-refractivity contribution in [2.45, 2.75) is 103 Å². The molecule has 7 rings (SSSR count). The average Bonchev–Trinajstić information content (AvgIpc) is 3.11. The van der Waals surface area contributed by atoms with Crippen LogP contribution in [0.1, 0.15) is 96.1 Å². The number of carboxylic acid groups (broad SMARTS) is 1. The Labute approximate surface area is 264 Å². The Bertz CT molecular complexity index is 1710. The van der Waals surface area contributed by atoms with Crippen molar-refractivity contribution >= 4 is 23.6 Å². The smallest absolute Gasteiger partial charge is 0.330 e. The van der Waals surface area contributed by atoms with Gasteiger partial charge in [0.15, 0.2) is 22.8 Å². The molecule has 45 heavy (non-hydrogen) atoms. The minimum Gasteiger partial charge on any atom is -0.506 e. The molecule has 2 fully saturated rings. The highest BCUT2D eigenvalue weighted by Crippen LogP contribution is 2.68. The quantitative estimate of drug-likeness (QED) is 0.253. The van der Waals surface area contributed by atoms with Gasteiger partial charge in [0.05, 0.1) is 11.2 Å². The van der Waals surface area contributed by atoms with Crippen LogP contribution in [0.25, 0.3) is 6.08 Å². The fraction of sp³-hybridized carbons (Fsp3) is 0.486. The van der Waals surface area contributed by atoms with Crippen LogP contribution in [0.15, 0.2) is 52.7 Å². The summed E-state index contributed by atoms with van der Waals surface area (Å²) < 4.78 is 20.5. The number of Topliss-reactive ketones (excluding diaryl/α,β-unsaturated/α-hetero) is 2. The Balaban J connectivity index is 1.62. The second kappa shape index (κ2) is 10.0. The molecular weight excluding hydrogens is 572 g/mol. The zero-order valence-corrected chi connectivity index (χ0v) is 27.3. The predicted octanol–water partition coefficient (Wildman–Crippen LogP) is 6.85. The molecule has 1 spiro atoms. The molecule has 3 aliphatic heterocycles. The second-order valence-corrected chi connectivity index (χ2v) is 14.4. The molecule has 8 nitrogen and oxygen atoms in total. The number of carbonyl (C=O) groups excluding carboxylic acids is 2. The summed E-state index contributed by atoms with van der Waals surface area (Å²) in [7, 11) is 0. The summed E-state index contributed by atoms with van der Waals surface area (Å²) in [6, 6.07) is 0. The van der Waals surface area contributed by atoms with Gasteiger partial charge in [-0.25, -0.2) is 4.79 Å². The number of fused-ring (bicyclic) bond motifs is 2. The lowest BCUT2D eigenvalue weighted by atomic mass is 9.51. The van der Waals surface area contributed by atoms with E-state index in [0.29, 0.717) is 41.7 Å². The average molecular weight is 615 g/mol. The molecular formula is C37H42O8. The maximum Gasteiger partial charge on any atom is 0.330 e. The minimum atomic E-state index is -1.63. The molecule has 0 aromatic heterocycles. The van der Waals surface area contributed by atoms with Gasteiger partial charge in [0.25, 0.3) is 0 Å². The summed E-state index contributed by atoms with van der Waals surface area (Å²) in [6.45, 7) is 15.2. The normalized spacial score (nSPS) is 31.6. The topological polar surface area (TPSA) is 119 Å². The van der Waals surface area contributed by atoms with Crippen LogP contribution < -0.4 is 9.47 Å². The van der Waals surface area contributed by atoms with E-state index in [9.17, 15) is 24.6 Å². The van der Waals surface area contributed by atoms with Gasteiger partial charge in [-0.15, -0.1) is 0 Å². The van der Waals surface area contributed by atoms with Gasteiger partial charge in [0.2, 0.25) is 0 Å². The third-order valence-electron chi connectivity index (χ3n) is 10.2. The Morgan fingerprint density at radius 3 is 2.31 bits per heavy atom. The molecule has 8 heteroatoms. The zero-order valence-electron chi connectivity index (χ0n) is 27.3. The number of aromatic hydroxyl groups is 1. The summed E-state index contributed by atoms with van der Waals surface area (Å²) in [6.07, 6.45) is 12.3. The van der Waals surface area contributed by atoms with Crippen LogP contribution in [0.2, 0.25) is 0 Å². The van der Waals surface area contributed by atoms with E-state index in [1.165, 1.54) is 13.0 Å².